The van der Waals surface area contributed by atoms with E-state index in [0.29, 0.717) is 6.42 Å². The summed E-state index contributed by atoms with van der Waals surface area (Å²) in [5.41, 5.74) is 5.52. The highest BCUT2D eigenvalue weighted by Crippen LogP contribution is 2.37. The first-order chi connectivity index (χ1) is 7.23. The fraction of sp³-hybridized carbons (Fsp3) is 0.909. The summed E-state index contributed by atoms with van der Waals surface area (Å²) in [6.45, 7) is 2.33. The Hall–Kier alpha value is -0.220. The van der Waals surface area contributed by atoms with Crippen LogP contribution in [-0.2, 0) is 4.79 Å². The number of rotatable bonds is 3. The van der Waals surface area contributed by atoms with Crippen LogP contribution in [0.1, 0.15) is 32.1 Å². The number of hydrogen-bond acceptors (Lipinski definition) is 3. The van der Waals surface area contributed by atoms with Crippen molar-refractivity contribution in [2.45, 2.75) is 37.6 Å². The van der Waals surface area contributed by atoms with Crippen LogP contribution in [0.4, 0.5) is 0 Å². The number of likely N-dealkylation sites (tertiary alicyclic amines) is 1. The summed E-state index contributed by atoms with van der Waals surface area (Å²) in [6, 6.07) is 0. The summed E-state index contributed by atoms with van der Waals surface area (Å²) >= 11 is 2.00. The van der Waals surface area contributed by atoms with E-state index in [1.807, 2.05) is 11.8 Å². The minimum Gasteiger partial charge on any atom is -0.370 e. The molecule has 2 fully saturated rings. The first-order valence-corrected chi connectivity index (χ1v) is 7.00. The third-order valence-corrected chi connectivity index (χ3v) is 4.69. The molecule has 0 radical (unpaired) electrons. The van der Waals surface area contributed by atoms with E-state index in [1.54, 1.807) is 0 Å². The van der Waals surface area contributed by atoms with Crippen molar-refractivity contribution >= 4 is 17.7 Å². The third-order valence-electron chi connectivity index (χ3n) is 3.70. The van der Waals surface area contributed by atoms with Gasteiger partial charge in [-0.3, -0.25) is 9.69 Å². The third kappa shape index (κ3) is 2.48. The van der Waals surface area contributed by atoms with Gasteiger partial charge in [0, 0.05) is 12.0 Å². The Morgan fingerprint density at radius 1 is 1.27 bits per heavy atom. The van der Waals surface area contributed by atoms with E-state index in [2.05, 4.69) is 4.90 Å². The van der Waals surface area contributed by atoms with Crippen molar-refractivity contribution in [2.24, 2.45) is 5.73 Å². The molecule has 15 heavy (non-hydrogen) atoms. The summed E-state index contributed by atoms with van der Waals surface area (Å²) in [5, 5.41) is 0. The topological polar surface area (TPSA) is 46.3 Å². The zero-order valence-corrected chi connectivity index (χ0v) is 10.0. The van der Waals surface area contributed by atoms with Crippen LogP contribution in [0.5, 0.6) is 0 Å². The number of amides is 1. The Balaban J connectivity index is 2.08. The molecule has 2 aliphatic heterocycles. The number of carbonyl (C=O) groups is 1. The van der Waals surface area contributed by atoms with Gasteiger partial charge in [0.1, 0.15) is 0 Å². The molecule has 0 aliphatic carbocycles. The first-order valence-electron chi connectivity index (χ1n) is 5.84. The molecular formula is C11H20N2OS. The molecule has 3 nitrogen and oxygen atoms in total. The molecule has 4 heteroatoms. The van der Waals surface area contributed by atoms with E-state index >= 15 is 0 Å². The smallest absolute Gasteiger partial charge is 0.219 e. The molecule has 86 valence electrons. The van der Waals surface area contributed by atoms with E-state index in [1.165, 1.54) is 24.3 Å². The number of carbonyl (C=O) groups excluding carboxylic acids is 1. The van der Waals surface area contributed by atoms with Crippen LogP contribution >= 0.6 is 11.8 Å². The lowest BCUT2D eigenvalue weighted by molar-refractivity contribution is -0.121. The van der Waals surface area contributed by atoms with Crippen LogP contribution in [0.25, 0.3) is 0 Å². The molecule has 1 amide bonds. The number of hydrogen-bond donors (Lipinski definition) is 1. The van der Waals surface area contributed by atoms with Crippen LogP contribution < -0.4 is 5.73 Å². The lowest BCUT2D eigenvalue weighted by atomic mass is 9.86. The normalized spacial score (nSPS) is 26.7. The first kappa shape index (κ1) is 11.3. The average molecular weight is 228 g/mol. The Morgan fingerprint density at radius 3 is 2.40 bits per heavy atom. The van der Waals surface area contributed by atoms with Crippen molar-refractivity contribution in [3.8, 4) is 0 Å². The highest BCUT2D eigenvalue weighted by atomic mass is 32.2. The molecule has 0 unspecified atom stereocenters. The van der Waals surface area contributed by atoms with Gasteiger partial charge in [0.2, 0.25) is 5.91 Å². The van der Waals surface area contributed by atoms with Gasteiger partial charge < -0.3 is 5.73 Å². The summed E-state index contributed by atoms with van der Waals surface area (Å²) in [5.74, 6) is 2.24. The zero-order valence-electron chi connectivity index (χ0n) is 9.21. The van der Waals surface area contributed by atoms with Crippen molar-refractivity contribution in [3.05, 3.63) is 0 Å². The molecule has 0 spiro atoms. The van der Waals surface area contributed by atoms with E-state index in [-0.39, 0.29) is 11.4 Å². The van der Waals surface area contributed by atoms with Gasteiger partial charge in [0.15, 0.2) is 0 Å². The molecule has 2 aliphatic rings. The molecule has 2 saturated heterocycles. The fourth-order valence-electron chi connectivity index (χ4n) is 2.87. The summed E-state index contributed by atoms with van der Waals surface area (Å²) in [7, 11) is 0. The van der Waals surface area contributed by atoms with Gasteiger partial charge >= 0.3 is 0 Å². The van der Waals surface area contributed by atoms with Crippen LogP contribution in [0.15, 0.2) is 0 Å². The summed E-state index contributed by atoms with van der Waals surface area (Å²) in [6.07, 6.45) is 5.41. The maximum Gasteiger partial charge on any atom is 0.219 e. The SMILES string of the molecule is NC(=O)CC1(N2CCCC2)CCSCC1. The van der Waals surface area contributed by atoms with E-state index in [0.717, 1.165) is 25.9 Å². The number of primary amides is 1. The minimum absolute atomic E-state index is 0.119. The van der Waals surface area contributed by atoms with Gasteiger partial charge in [-0.05, 0) is 50.3 Å². The molecule has 0 aromatic heterocycles. The molecule has 0 saturated carbocycles. The largest absolute Gasteiger partial charge is 0.370 e. The Bertz CT molecular complexity index is 233. The maximum absolute atomic E-state index is 11.2. The zero-order chi connectivity index (χ0) is 10.7. The minimum atomic E-state index is -0.131. The number of thioether (sulfide) groups is 1. The van der Waals surface area contributed by atoms with Crippen molar-refractivity contribution in [1.82, 2.24) is 4.90 Å². The predicted molar refractivity (Wildman–Crippen MR) is 63.9 cm³/mol. The molecule has 2 N–H and O–H groups in total. The van der Waals surface area contributed by atoms with Crippen LogP contribution in [0, 0.1) is 0 Å². The molecule has 2 rings (SSSR count). The molecule has 0 aromatic carbocycles. The van der Waals surface area contributed by atoms with Gasteiger partial charge in [-0.25, -0.2) is 0 Å². The lowest BCUT2D eigenvalue weighted by Crippen LogP contribution is -2.51. The van der Waals surface area contributed by atoms with E-state index in [9.17, 15) is 4.79 Å². The van der Waals surface area contributed by atoms with Gasteiger partial charge in [-0.2, -0.15) is 11.8 Å². The highest BCUT2D eigenvalue weighted by Gasteiger charge is 2.40. The summed E-state index contributed by atoms with van der Waals surface area (Å²) < 4.78 is 0. The van der Waals surface area contributed by atoms with Crippen molar-refractivity contribution < 1.29 is 4.79 Å². The lowest BCUT2D eigenvalue weighted by Gasteiger charge is -2.44. The van der Waals surface area contributed by atoms with Crippen molar-refractivity contribution in [1.29, 1.82) is 0 Å². The highest BCUT2D eigenvalue weighted by molar-refractivity contribution is 7.99. The standard InChI is InChI=1S/C11H20N2OS/c12-10(14)9-11(3-7-15-8-4-11)13-5-1-2-6-13/h1-9H2,(H2,12,14). The molecular weight excluding hydrogens is 208 g/mol. The summed E-state index contributed by atoms with van der Waals surface area (Å²) in [4.78, 5) is 13.7. The Morgan fingerprint density at radius 2 is 1.87 bits per heavy atom. The van der Waals surface area contributed by atoms with E-state index < -0.39 is 0 Å². The average Bonchev–Trinajstić information content (AvgIpc) is 2.71. The fourth-order valence-corrected chi connectivity index (χ4v) is 4.12. The van der Waals surface area contributed by atoms with E-state index in [4.69, 9.17) is 5.73 Å². The van der Waals surface area contributed by atoms with Crippen LogP contribution in [0.3, 0.4) is 0 Å². The molecule has 2 heterocycles. The monoisotopic (exact) mass is 228 g/mol. The van der Waals surface area contributed by atoms with Crippen LogP contribution in [-0.4, -0.2) is 40.9 Å². The van der Waals surface area contributed by atoms with Crippen LogP contribution in [0.2, 0.25) is 0 Å². The van der Waals surface area contributed by atoms with Crippen molar-refractivity contribution in [2.75, 3.05) is 24.6 Å². The molecule has 0 atom stereocenters. The predicted octanol–water partition coefficient (Wildman–Crippen LogP) is 1.22. The van der Waals surface area contributed by atoms with Gasteiger partial charge in [0.25, 0.3) is 0 Å². The number of nitrogens with two attached hydrogens (primary N) is 1. The molecule has 0 aromatic rings. The second-order valence-corrected chi connectivity index (χ2v) is 5.90. The Labute approximate surface area is 95.8 Å². The second-order valence-electron chi connectivity index (χ2n) is 4.67. The quantitative estimate of drug-likeness (QED) is 0.790. The second kappa shape index (κ2) is 4.74. The maximum atomic E-state index is 11.2. The van der Waals surface area contributed by atoms with Crippen molar-refractivity contribution in [3.63, 3.8) is 0 Å². The molecule has 0 bridgehead atoms. The van der Waals surface area contributed by atoms with Gasteiger partial charge in [0.05, 0.1) is 0 Å². The van der Waals surface area contributed by atoms with Gasteiger partial charge in [-0.1, -0.05) is 0 Å². The Kier molecular flexibility index (Phi) is 3.57. The van der Waals surface area contributed by atoms with Gasteiger partial charge in [-0.15, -0.1) is 0 Å². The number of nitrogens with zero attached hydrogens (tertiary/aromatic N) is 1.